The molecule has 2 saturated carbocycles. The molecule has 2 bridgehead atoms. The zero-order valence-corrected chi connectivity index (χ0v) is 10.2. The van der Waals surface area contributed by atoms with E-state index in [9.17, 15) is 9.90 Å². The first-order valence-corrected chi connectivity index (χ1v) is 5.92. The van der Waals surface area contributed by atoms with Crippen LogP contribution in [0, 0.1) is 16.7 Å². The van der Waals surface area contributed by atoms with E-state index in [0.29, 0.717) is 12.3 Å². The maximum Gasteiger partial charge on any atom is 0.317 e. The summed E-state index contributed by atoms with van der Waals surface area (Å²) in [4.78, 5) is 10.6. The lowest BCUT2D eigenvalue weighted by atomic mass is 9.67. The van der Waals surface area contributed by atoms with Crippen molar-refractivity contribution in [3.05, 3.63) is 0 Å². The number of hydrogen-bond donors (Lipinski definition) is 3. The Hall–Kier alpha value is -0.610. The smallest absolute Gasteiger partial charge is 0.317 e. The van der Waals surface area contributed by atoms with Crippen LogP contribution in [0.3, 0.4) is 0 Å². The molecule has 16 heavy (non-hydrogen) atoms. The molecule has 0 amide bonds. The van der Waals surface area contributed by atoms with E-state index in [-0.39, 0.29) is 17.4 Å². The highest BCUT2D eigenvalue weighted by molar-refractivity contribution is 5.69. The van der Waals surface area contributed by atoms with E-state index < -0.39 is 11.7 Å². The fourth-order valence-electron chi connectivity index (χ4n) is 3.76. The molecule has 0 radical (unpaired) electrons. The molecular weight excluding hydrogens is 206 g/mol. The summed E-state index contributed by atoms with van der Waals surface area (Å²) in [7, 11) is 0. The summed E-state index contributed by atoms with van der Waals surface area (Å²) in [6.45, 7) is 6.28. The zero-order valence-electron chi connectivity index (χ0n) is 10.2. The maximum absolute atomic E-state index is 10.7. The van der Waals surface area contributed by atoms with Gasteiger partial charge in [-0.05, 0) is 30.6 Å². The van der Waals surface area contributed by atoms with Crippen LogP contribution in [-0.2, 0) is 4.79 Å². The fraction of sp³-hybridized carbons (Fsp3) is 0.917. The lowest BCUT2D eigenvalue weighted by Crippen LogP contribution is -2.58. The minimum atomic E-state index is -1.02. The second kappa shape index (κ2) is 3.20. The van der Waals surface area contributed by atoms with Crippen LogP contribution >= 0.6 is 0 Å². The predicted octanol–water partition coefficient (Wildman–Crippen LogP) is 1.20. The molecule has 3 atom stereocenters. The molecule has 2 aliphatic carbocycles. The molecule has 3 N–H and O–H groups in total. The van der Waals surface area contributed by atoms with Crippen molar-refractivity contribution in [1.82, 2.24) is 5.32 Å². The van der Waals surface area contributed by atoms with Gasteiger partial charge in [0, 0.05) is 5.41 Å². The normalized spacial score (nSPS) is 44.9. The van der Waals surface area contributed by atoms with Gasteiger partial charge in [-0.1, -0.05) is 20.8 Å². The first-order chi connectivity index (χ1) is 7.23. The van der Waals surface area contributed by atoms with Crippen molar-refractivity contribution >= 4 is 5.97 Å². The number of rotatable bonds is 3. The summed E-state index contributed by atoms with van der Waals surface area (Å²) < 4.78 is 0. The lowest BCUT2D eigenvalue weighted by molar-refractivity contribution is -0.144. The van der Waals surface area contributed by atoms with E-state index in [0.717, 1.165) is 12.8 Å². The molecule has 2 aliphatic rings. The van der Waals surface area contributed by atoms with Gasteiger partial charge in [-0.25, -0.2) is 0 Å². The number of aliphatic carboxylic acids is 1. The van der Waals surface area contributed by atoms with Gasteiger partial charge >= 0.3 is 5.97 Å². The summed E-state index contributed by atoms with van der Waals surface area (Å²) in [5.41, 5.74) is -1.16. The van der Waals surface area contributed by atoms with Crippen molar-refractivity contribution in [2.24, 2.45) is 16.7 Å². The van der Waals surface area contributed by atoms with Crippen molar-refractivity contribution in [2.75, 3.05) is 6.54 Å². The van der Waals surface area contributed by atoms with E-state index in [2.05, 4.69) is 26.1 Å². The van der Waals surface area contributed by atoms with Gasteiger partial charge in [0.15, 0.2) is 0 Å². The van der Waals surface area contributed by atoms with Crippen LogP contribution in [0.5, 0.6) is 0 Å². The zero-order chi connectivity index (χ0) is 12.2. The van der Waals surface area contributed by atoms with Gasteiger partial charge in [0.05, 0.1) is 6.54 Å². The van der Waals surface area contributed by atoms with Crippen molar-refractivity contribution in [1.29, 1.82) is 0 Å². The summed E-state index contributed by atoms with van der Waals surface area (Å²) in [6.07, 6.45) is 2.78. The van der Waals surface area contributed by atoms with E-state index >= 15 is 0 Å². The summed E-state index contributed by atoms with van der Waals surface area (Å²) in [5, 5.41) is 22.2. The summed E-state index contributed by atoms with van der Waals surface area (Å²) >= 11 is 0. The molecule has 2 fully saturated rings. The SMILES string of the molecule is CC1(C)C2CCC1(C)C(O)(NCC(=O)O)C2. The van der Waals surface area contributed by atoms with Gasteiger partial charge < -0.3 is 10.2 Å². The second-order valence-corrected chi connectivity index (χ2v) is 6.10. The molecular formula is C12H21NO3. The third-order valence-electron chi connectivity index (χ3n) is 5.42. The van der Waals surface area contributed by atoms with Gasteiger partial charge in [0.1, 0.15) is 5.72 Å². The topological polar surface area (TPSA) is 69.6 Å². The Morgan fingerprint density at radius 1 is 1.44 bits per heavy atom. The highest BCUT2D eigenvalue weighted by Crippen LogP contribution is 2.68. The predicted molar refractivity (Wildman–Crippen MR) is 59.8 cm³/mol. The molecule has 0 heterocycles. The molecule has 0 aromatic heterocycles. The molecule has 0 aliphatic heterocycles. The number of carboxylic acid groups (broad SMARTS) is 1. The van der Waals surface area contributed by atoms with E-state index in [1.165, 1.54) is 0 Å². The van der Waals surface area contributed by atoms with Crippen molar-refractivity contribution in [3.8, 4) is 0 Å². The van der Waals surface area contributed by atoms with E-state index in [4.69, 9.17) is 5.11 Å². The number of hydrogen-bond acceptors (Lipinski definition) is 3. The number of fused-ring (bicyclic) bond motifs is 2. The molecule has 92 valence electrons. The monoisotopic (exact) mass is 227 g/mol. The Morgan fingerprint density at radius 2 is 2.06 bits per heavy atom. The van der Waals surface area contributed by atoms with Gasteiger partial charge in [-0.3, -0.25) is 10.1 Å². The minimum absolute atomic E-state index is 0.0766. The summed E-state index contributed by atoms with van der Waals surface area (Å²) in [5.74, 6) is -0.429. The Labute approximate surface area is 96.0 Å². The Morgan fingerprint density at radius 3 is 2.44 bits per heavy atom. The first kappa shape index (κ1) is 11.9. The third-order valence-corrected chi connectivity index (χ3v) is 5.42. The molecule has 4 heteroatoms. The number of carboxylic acids is 1. The van der Waals surface area contributed by atoms with E-state index in [1.807, 2.05) is 0 Å². The maximum atomic E-state index is 10.7. The second-order valence-electron chi connectivity index (χ2n) is 6.10. The molecule has 0 spiro atoms. The highest BCUT2D eigenvalue weighted by Gasteiger charge is 2.68. The number of aliphatic hydroxyl groups is 1. The average Bonchev–Trinajstić information content (AvgIpc) is 2.47. The summed E-state index contributed by atoms with van der Waals surface area (Å²) in [6, 6.07) is 0. The van der Waals surface area contributed by atoms with Crippen LogP contribution in [0.2, 0.25) is 0 Å². The largest absolute Gasteiger partial charge is 0.480 e. The average molecular weight is 227 g/mol. The third kappa shape index (κ3) is 1.26. The minimum Gasteiger partial charge on any atom is -0.480 e. The quantitative estimate of drug-likeness (QED) is 0.634. The van der Waals surface area contributed by atoms with Crippen LogP contribution in [0.1, 0.15) is 40.0 Å². The molecule has 3 unspecified atom stereocenters. The lowest BCUT2D eigenvalue weighted by Gasteiger charge is -2.45. The van der Waals surface area contributed by atoms with Gasteiger partial charge in [-0.2, -0.15) is 0 Å². The molecule has 4 nitrogen and oxygen atoms in total. The molecule has 2 rings (SSSR count). The van der Waals surface area contributed by atoms with Crippen molar-refractivity contribution < 1.29 is 15.0 Å². The van der Waals surface area contributed by atoms with Crippen molar-refractivity contribution in [3.63, 3.8) is 0 Å². The fourth-order valence-corrected chi connectivity index (χ4v) is 3.76. The van der Waals surface area contributed by atoms with Crippen LogP contribution in [0.25, 0.3) is 0 Å². The number of nitrogens with one attached hydrogen (secondary N) is 1. The highest BCUT2D eigenvalue weighted by atomic mass is 16.4. The standard InChI is InChI=1S/C12H21NO3/c1-10(2)8-4-5-11(10,3)12(16,6-8)13-7-9(14)15/h8,13,16H,4-7H2,1-3H3,(H,14,15). The van der Waals surface area contributed by atoms with Gasteiger partial charge in [0.2, 0.25) is 0 Å². The molecule has 0 aromatic rings. The number of carbonyl (C=O) groups is 1. The Balaban J connectivity index is 2.22. The van der Waals surface area contributed by atoms with E-state index in [1.54, 1.807) is 0 Å². The van der Waals surface area contributed by atoms with Crippen molar-refractivity contribution in [2.45, 2.75) is 45.8 Å². The Kier molecular flexibility index (Phi) is 2.37. The van der Waals surface area contributed by atoms with Crippen LogP contribution in [-0.4, -0.2) is 28.5 Å². The molecule has 0 aromatic carbocycles. The van der Waals surface area contributed by atoms with Crippen LogP contribution < -0.4 is 5.32 Å². The van der Waals surface area contributed by atoms with Crippen LogP contribution in [0.4, 0.5) is 0 Å². The van der Waals surface area contributed by atoms with Crippen LogP contribution in [0.15, 0.2) is 0 Å². The first-order valence-electron chi connectivity index (χ1n) is 5.92. The van der Waals surface area contributed by atoms with Gasteiger partial charge in [-0.15, -0.1) is 0 Å². The van der Waals surface area contributed by atoms with Gasteiger partial charge in [0.25, 0.3) is 0 Å². The Bertz CT molecular complexity index is 328. The molecule has 0 saturated heterocycles.